The van der Waals surface area contributed by atoms with Gasteiger partial charge in [0.1, 0.15) is 17.3 Å². The molecule has 0 aliphatic rings. The quantitative estimate of drug-likeness (QED) is 0.823. The van der Waals surface area contributed by atoms with Crippen molar-refractivity contribution in [3.63, 3.8) is 0 Å². The van der Waals surface area contributed by atoms with Crippen molar-refractivity contribution in [1.29, 1.82) is 0 Å². The minimum Gasteiger partial charge on any atom is -0.497 e. The van der Waals surface area contributed by atoms with Crippen LogP contribution in [-0.2, 0) is 6.42 Å². The molecule has 1 aromatic heterocycles. The lowest BCUT2D eigenvalue weighted by Crippen LogP contribution is -1.94. The Morgan fingerprint density at radius 2 is 2.29 bits per heavy atom. The molecule has 4 nitrogen and oxygen atoms in total. The highest BCUT2D eigenvalue weighted by atomic mass is 19.1. The summed E-state index contributed by atoms with van der Waals surface area (Å²) in [6, 6.07) is 6.26. The van der Waals surface area contributed by atoms with Gasteiger partial charge in [-0.25, -0.2) is 4.39 Å². The third kappa shape index (κ3) is 2.50. The molecule has 1 aromatic carbocycles. The summed E-state index contributed by atoms with van der Waals surface area (Å²) in [7, 11) is 1.49. The fourth-order valence-electron chi connectivity index (χ4n) is 1.53. The fraction of sp³-hybridized carbons (Fsp3) is 0.167. The smallest absolute Gasteiger partial charge is 0.170 e. The second-order valence-corrected chi connectivity index (χ2v) is 3.57. The number of aldehydes is 1. The molecule has 0 aliphatic heterocycles. The molecule has 2 aromatic rings. The van der Waals surface area contributed by atoms with Crippen LogP contribution in [0, 0.1) is 5.82 Å². The third-order valence-corrected chi connectivity index (χ3v) is 2.41. The molecule has 1 heterocycles. The standard InChI is InChI=1S/C12H11FN2O2/c1-17-11-3-2-8(12(13)6-11)4-9-5-10(7-16)15-14-9/h2-3,5-7H,4H2,1H3,(H,14,15). The number of carbonyl (C=O) groups is 1. The number of halogens is 1. The predicted molar refractivity (Wildman–Crippen MR) is 59.7 cm³/mol. The van der Waals surface area contributed by atoms with E-state index in [0.29, 0.717) is 35.4 Å². The highest BCUT2D eigenvalue weighted by Gasteiger charge is 2.07. The maximum absolute atomic E-state index is 13.6. The van der Waals surface area contributed by atoms with Crippen molar-refractivity contribution in [2.24, 2.45) is 0 Å². The lowest BCUT2D eigenvalue weighted by atomic mass is 10.1. The number of nitrogens with zero attached hydrogens (tertiary/aromatic N) is 1. The second kappa shape index (κ2) is 4.78. The molecule has 0 bridgehead atoms. The molecule has 0 fully saturated rings. The Bertz CT molecular complexity index is 537. The lowest BCUT2D eigenvalue weighted by molar-refractivity contribution is 0.111. The van der Waals surface area contributed by atoms with Gasteiger partial charge in [-0.3, -0.25) is 9.89 Å². The summed E-state index contributed by atoms with van der Waals surface area (Å²) in [5.41, 5.74) is 1.52. The second-order valence-electron chi connectivity index (χ2n) is 3.57. The van der Waals surface area contributed by atoms with E-state index in [1.165, 1.54) is 13.2 Å². The first-order chi connectivity index (χ1) is 8.22. The van der Waals surface area contributed by atoms with Crippen LogP contribution < -0.4 is 4.74 Å². The zero-order chi connectivity index (χ0) is 12.3. The summed E-state index contributed by atoms with van der Waals surface area (Å²) in [5, 5.41) is 6.44. The van der Waals surface area contributed by atoms with E-state index >= 15 is 0 Å². The Morgan fingerprint density at radius 1 is 1.47 bits per heavy atom. The van der Waals surface area contributed by atoms with Crippen molar-refractivity contribution in [2.75, 3.05) is 7.11 Å². The number of ether oxygens (including phenoxy) is 1. The van der Waals surface area contributed by atoms with Gasteiger partial charge in [0, 0.05) is 18.2 Å². The topological polar surface area (TPSA) is 55.0 Å². The van der Waals surface area contributed by atoms with Crippen molar-refractivity contribution < 1.29 is 13.9 Å². The molecule has 1 N–H and O–H groups in total. The molecule has 0 atom stereocenters. The summed E-state index contributed by atoms with van der Waals surface area (Å²) in [6.45, 7) is 0. The van der Waals surface area contributed by atoms with Gasteiger partial charge in [0.25, 0.3) is 0 Å². The van der Waals surface area contributed by atoms with Crippen LogP contribution in [0.2, 0.25) is 0 Å². The lowest BCUT2D eigenvalue weighted by Gasteiger charge is -2.04. The molecule has 0 unspecified atom stereocenters. The van der Waals surface area contributed by atoms with Crippen LogP contribution in [0.25, 0.3) is 0 Å². The molecule has 88 valence electrons. The van der Waals surface area contributed by atoms with E-state index in [1.54, 1.807) is 18.2 Å². The first-order valence-corrected chi connectivity index (χ1v) is 5.05. The number of aromatic amines is 1. The fourth-order valence-corrected chi connectivity index (χ4v) is 1.53. The molecule has 0 saturated carbocycles. The predicted octanol–water partition coefficient (Wildman–Crippen LogP) is 1.96. The van der Waals surface area contributed by atoms with Crippen LogP contribution in [0.1, 0.15) is 21.7 Å². The van der Waals surface area contributed by atoms with Crippen LogP contribution in [0.5, 0.6) is 5.75 Å². The third-order valence-electron chi connectivity index (χ3n) is 2.41. The van der Waals surface area contributed by atoms with Crippen molar-refractivity contribution in [3.05, 3.63) is 47.0 Å². The number of hydrogen-bond donors (Lipinski definition) is 1. The number of rotatable bonds is 4. The first kappa shape index (κ1) is 11.3. The van der Waals surface area contributed by atoms with Crippen LogP contribution >= 0.6 is 0 Å². The molecule has 0 radical (unpaired) electrons. The van der Waals surface area contributed by atoms with Crippen molar-refractivity contribution in [2.45, 2.75) is 6.42 Å². The maximum Gasteiger partial charge on any atom is 0.170 e. The number of methoxy groups -OCH3 is 1. The molecular weight excluding hydrogens is 223 g/mol. The molecule has 17 heavy (non-hydrogen) atoms. The van der Waals surface area contributed by atoms with Gasteiger partial charge in [0.15, 0.2) is 6.29 Å². The highest BCUT2D eigenvalue weighted by Crippen LogP contribution is 2.18. The largest absolute Gasteiger partial charge is 0.497 e. The summed E-state index contributed by atoms with van der Waals surface area (Å²) in [6.07, 6.45) is 1.00. The number of H-pyrrole nitrogens is 1. The van der Waals surface area contributed by atoms with E-state index in [4.69, 9.17) is 4.74 Å². The van der Waals surface area contributed by atoms with Crippen molar-refractivity contribution >= 4 is 6.29 Å². The van der Waals surface area contributed by atoms with Gasteiger partial charge in [-0.05, 0) is 17.7 Å². The van der Waals surface area contributed by atoms with Gasteiger partial charge in [-0.15, -0.1) is 0 Å². The normalized spacial score (nSPS) is 10.2. The summed E-state index contributed by atoms with van der Waals surface area (Å²) < 4.78 is 18.5. The average Bonchev–Trinajstić information content (AvgIpc) is 2.79. The number of nitrogens with one attached hydrogen (secondary N) is 1. The van der Waals surface area contributed by atoms with Gasteiger partial charge < -0.3 is 4.74 Å². The molecule has 0 amide bonds. The van der Waals surface area contributed by atoms with E-state index < -0.39 is 0 Å². The molecular formula is C12H11FN2O2. The molecule has 5 heteroatoms. The van der Waals surface area contributed by atoms with Gasteiger partial charge in [0.2, 0.25) is 0 Å². The van der Waals surface area contributed by atoms with Gasteiger partial charge in [-0.1, -0.05) is 6.07 Å². The molecule has 0 saturated heterocycles. The number of benzene rings is 1. The monoisotopic (exact) mass is 234 g/mol. The molecule has 2 rings (SSSR count). The molecule has 0 aliphatic carbocycles. The number of aromatic nitrogens is 2. The minimum absolute atomic E-state index is 0.314. The van der Waals surface area contributed by atoms with E-state index in [2.05, 4.69) is 10.2 Å². The van der Waals surface area contributed by atoms with Crippen LogP contribution in [-0.4, -0.2) is 23.6 Å². The SMILES string of the molecule is COc1ccc(Cc2cc(C=O)n[nH]2)c(F)c1. The van der Waals surface area contributed by atoms with Crippen LogP contribution in [0.4, 0.5) is 4.39 Å². The Kier molecular flexibility index (Phi) is 3.18. The average molecular weight is 234 g/mol. The Labute approximate surface area is 97.4 Å². The zero-order valence-corrected chi connectivity index (χ0v) is 9.24. The van der Waals surface area contributed by atoms with Crippen molar-refractivity contribution in [1.82, 2.24) is 10.2 Å². The Hall–Kier alpha value is -2.17. The van der Waals surface area contributed by atoms with Gasteiger partial charge in [-0.2, -0.15) is 5.10 Å². The van der Waals surface area contributed by atoms with Crippen LogP contribution in [0.3, 0.4) is 0 Å². The van der Waals surface area contributed by atoms with E-state index in [0.717, 1.165) is 0 Å². The Balaban J connectivity index is 2.20. The first-order valence-electron chi connectivity index (χ1n) is 5.05. The minimum atomic E-state index is -0.341. The summed E-state index contributed by atoms with van der Waals surface area (Å²) in [5.74, 6) is 0.135. The Morgan fingerprint density at radius 3 is 2.88 bits per heavy atom. The number of carbonyl (C=O) groups excluding carboxylic acids is 1. The zero-order valence-electron chi connectivity index (χ0n) is 9.24. The highest BCUT2D eigenvalue weighted by molar-refractivity contribution is 5.71. The summed E-state index contributed by atoms with van der Waals surface area (Å²) >= 11 is 0. The van der Waals surface area contributed by atoms with E-state index in [1.807, 2.05) is 0 Å². The van der Waals surface area contributed by atoms with Crippen LogP contribution in [0.15, 0.2) is 24.3 Å². The van der Waals surface area contributed by atoms with E-state index in [-0.39, 0.29) is 5.82 Å². The van der Waals surface area contributed by atoms with Gasteiger partial charge >= 0.3 is 0 Å². The van der Waals surface area contributed by atoms with E-state index in [9.17, 15) is 9.18 Å². The van der Waals surface area contributed by atoms with Crippen molar-refractivity contribution in [3.8, 4) is 5.75 Å². The molecule has 0 spiro atoms. The summed E-state index contributed by atoms with van der Waals surface area (Å²) in [4.78, 5) is 10.4. The van der Waals surface area contributed by atoms with Gasteiger partial charge in [0.05, 0.1) is 7.11 Å². The maximum atomic E-state index is 13.6. The number of hydrogen-bond acceptors (Lipinski definition) is 3.